The van der Waals surface area contributed by atoms with Crippen molar-refractivity contribution in [2.45, 2.75) is 6.92 Å². The van der Waals surface area contributed by atoms with Gasteiger partial charge in [-0.15, -0.1) is 0 Å². The molecule has 10 nitrogen and oxygen atoms in total. The van der Waals surface area contributed by atoms with Crippen LogP contribution < -0.4 is 10.0 Å². The van der Waals surface area contributed by atoms with E-state index in [4.69, 9.17) is 0 Å². The molecule has 0 aliphatic heterocycles. The van der Waals surface area contributed by atoms with E-state index in [1.807, 2.05) is 6.07 Å². The Morgan fingerprint density at radius 2 is 1.90 bits per heavy atom. The third kappa shape index (κ3) is 4.41. The van der Waals surface area contributed by atoms with Crippen LogP contribution in [0, 0.1) is 6.92 Å². The molecule has 0 atom stereocenters. The smallest absolute Gasteiger partial charge is 0.274 e. The Morgan fingerprint density at radius 3 is 2.63 bits per heavy atom. The molecule has 0 fully saturated rings. The number of aromatic nitrogens is 5. The number of sulfonamides is 1. The third-order valence-electron chi connectivity index (χ3n) is 4.04. The van der Waals surface area contributed by atoms with Crippen LogP contribution in [0.15, 0.2) is 48.7 Å². The van der Waals surface area contributed by atoms with Gasteiger partial charge in [-0.2, -0.15) is 9.97 Å². The fourth-order valence-electron chi connectivity index (χ4n) is 2.85. The Morgan fingerprint density at radius 1 is 1.07 bits per heavy atom. The molecule has 4 rings (SSSR count). The zero-order chi connectivity index (χ0) is 21.3. The number of carbonyl (C=O) groups excluding carboxylic acids is 1. The summed E-state index contributed by atoms with van der Waals surface area (Å²) in [6.45, 7) is 1.70. The second-order valence-corrected chi connectivity index (χ2v) is 8.31. The SMILES string of the molecule is Cc1nc(NC(=O)c2cc3cc(NS(C)(=O)=O)ccc3[nH]2)nc(-c2ccccn2)n1. The van der Waals surface area contributed by atoms with Crippen LogP contribution in [0.2, 0.25) is 0 Å². The minimum absolute atomic E-state index is 0.103. The second kappa shape index (κ2) is 7.52. The van der Waals surface area contributed by atoms with Crippen molar-refractivity contribution < 1.29 is 13.2 Å². The van der Waals surface area contributed by atoms with Gasteiger partial charge in [0.25, 0.3) is 5.91 Å². The molecule has 3 aromatic heterocycles. The van der Waals surface area contributed by atoms with Gasteiger partial charge in [0.1, 0.15) is 17.2 Å². The number of H-pyrrole nitrogens is 1. The third-order valence-corrected chi connectivity index (χ3v) is 4.64. The molecule has 30 heavy (non-hydrogen) atoms. The quantitative estimate of drug-likeness (QED) is 0.447. The summed E-state index contributed by atoms with van der Waals surface area (Å²) < 4.78 is 25.2. The molecule has 3 heterocycles. The largest absolute Gasteiger partial charge is 0.351 e. The number of aryl methyl sites for hydroxylation is 1. The number of benzene rings is 1. The number of anilines is 2. The van der Waals surface area contributed by atoms with Crippen LogP contribution in [-0.2, 0) is 10.0 Å². The van der Waals surface area contributed by atoms with Crippen LogP contribution in [-0.4, -0.2) is 45.5 Å². The number of nitrogens with zero attached hydrogens (tertiary/aromatic N) is 4. The predicted molar refractivity (Wildman–Crippen MR) is 113 cm³/mol. The average Bonchev–Trinajstić information content (AvgIpc) is 3.10. The van der Waals surface area contributed by atoms with E-state index in [1.54, 1.807) is 49.5 Å². The number of rotatable bonds is 5. The number of amides is 1. The molecule has 0 unspecified atom stereocenters. The van der Waals surface area contributed by atoms with Crippen LogP contribution >= 0.6 is 0 Å². The van der Waals surface area contributed by atoms with Crippen LogP contribution in [0.5, 0.6) is 0 Å². The van der Waals surface area contributed by atoms with E-state index < -0.39 is 15.9 Å². The van der Waals surface area contributed by atoms with Crippen molar-refractivity contribution in [3.8, 4) is 11.5 Å². The van der Waals surface area contributed by atoms with Crippen LogP contribution in [0.3, 0.4) is 0 Å². The summed E-state index contributed by atoms with van der Waals surface area (Å²) in [7, 11) is -3.39. The van der Waals surface area contributed by atoms with Gasteiger partial charge in [0.2, 0.25) is 16.0 Å². The molecule has 1 aromatic carbocycles. The Bertz CT molecular complexity index is 1350. The first-order valence-corrected chi connectivity index (χ1v) is 10.7. The number of pyridine rings is 1. The van der Waals surface area contributed by atoms with Crippen molar-refractivity contribution in [2.75, 3.05) is 16.3 Å². The first kappa shape index (κ1) is 19.5. The molecule has 11 heteroatoms. The number of fused-ring (bicyclic) bond motifs is 1. The molecule has 0 spiro atoms. The van der Waals surface area contributed by atoms with Gasteiger partial charge in [0.15, 0.2) is 5.82 Å². The molecule has 1 amide bonds. The first-order chi connectivity index (χ1) is 14.3. The molecule has 0 aliphatic rings. The lowest BCUT2D eigenvalue weighted by atomic mass is 10.2. The fourth-order valence-corrected chi connectivity index (χ4v) is 3.40. The van der Waals surface area contributed by atoms with Gasteiger partial charge in [-0.3, -0.25) is 19.8 Å². The number of carbonyl (C=O) groups is 1. The number of hydrogen-bond donors (Lipinski definition) is 3. The van der Waals surface area contributed by atoms with Crippen molar-refractivity contribution in [3.05, 3.63) is 60.2 Å². The highest BCUT2D eigenvalue weighted by atomic mass is 32.2. The molecular weight excluding hydrogens is 406 g/mol. The standard InChI is InChI=1S/C19H17N7O3S/c1-11-21-17(15-5-3-4-8-20-15)24-19(22-11)25-18(27)16-10-12-9-13(26-30(2,28)29)6-7-14(12)23-16/h3-10,23,26H,1-2H3,(H,21,22,24,25,27). The van der Waals surface area contributed by atoms with E-state index in [9.17, 15) is 13.2 Å². The highest BCUT2D eigenvalue weighted by molar-refractivity contribution is 7.92. The molecule has 0 bridgehead atoms. The molecule has 0 saturated heterocycles. The zero-order valence-corrected chi connectivity index (χ0v) is 16.9. The summed E-state index contributed by atoms with van der Waals surface area (Å²) in [5.41, 5.74) is 1.93. The summed E-state index contributed by atoms with van der Waals surface area (Å²) in [5, 5.41) is 3.33. The highest BCUT2D eigenvalue weighted by Crippen LogP contribution is 2.21. The van der Waals surface area contributed by atoms with Gasteiger partial charge >= 0.3 is 0 Å². The summed E-state index contributed by atoms with van der Waals surface area (Å²) in [5.74, 6) is 0.452. The minimum Gasteiger partial charge on any atom is -0.351 e. The van der Waals surface area contributed by atoms with E-state index in [0.717, 1.165) is 6.26 Å². The molecule has 0 saturated carbocycles. The van der Waals surface area contributed by atoms with Gasteiger partial charge in [0, 0.05) is 22.8 Å². The maximum Gasteiger partial charge on any atom is 0.274 e. The Balaban J connectivity index is 1.59. The Hall–Kier alpha value is -3.86. The molecule has 152 valence electrons. The maximum absolute atomic E-state index is 12.7. The maximum atomic E-state index is 12.7. The van der Waals surface area contributed by atoms with Gasteiger partial charge in [0.05, 0.1) is 6.26 Å². The lowest BCUT2D eigenvalue weighted by molar-refractivity contribution is 0.102. The summed E-state index contributed by atoms with van der Waals surface area (Å²) in [6, 6.07) is 11.9. The summed E-state index contributed by atoms with van der Waals surface area (Å²) in [4.78, 5) is 32.6. The first-order valence-electron chi connectivity index (χ1n) is 8.83. The number of aromatic amines is 1. The molecule has 0 radical (unpaired) electrons. The molecular formula is C19H17N7O3S. The van der Waals surface area contributed by atoms with Gasteiger partial charge in [-0.05, 0) is 43.3 Å². The van der Waals surface area contributed by atoms with E-state index >= 15 is 0 Å². The van der Waals surface area contributed by atoms with Crippen molar-refractivity contribution in [2.24, 2.45) is 0 Å². The van der Waals surface area contributed by atoms with Crippen molar-refractivity contribution in [3.63, 3.8) is 0 Å². The monoisotopic (exact) mass is 423 g/mol. The van der Waals surface area contributed by atoms with Crippen LogP contribution in [0.4, 0.5) is 11.6 Å². The zero-order valence-electron chi connectivity index (χ0n) is 16.0. The summed E-state index contributed by atoms with van der Waals surface area (Å²) in [6.07, 6.45) is 2.70. The van der Waals surface area contributed by atoms with Gasteiger partial charge in [-0.1, -0.05) is 6.07 Å². The fraction of sp³-hybridized carbons (Fsp3) is 0.105. The van der Waals surface area contributed by atoms with E-state index in [0.29, 0.717) is 33.9 Å². The van der Waals surface area contributed by atoms with Crippen molar-refractivity contribution >= 4 is 38.5 Å². The lowest BCUT2D eigenvalue weighted by Gasteiger charge is -2.05. The molecule has 3 N–H and O–H groups in total. The topological polar surface area (TPSA) is 143 Å². The molecule has 0 aliphatic carbocycles. The van der Waals surface area contributed by atoms with Crippen molar-refractivity contribution in [1.82, 2.24) is 24.9 Å². The summed E-state index contributed by atoms with van der Waals surface area (Å²) >= 11 is 0. The Kier molecular flexibility index (Phi) is 4.88. The highest BCUT2D eigenvalue weighted by Gasteiger charge is 2.14. The average molecular weight is 423 g/mol. The lowest BCUT2D eigenvalue weighted by Crippen LogP contribution is -2.16. The Labute approximate surface area is 171 Å². The number of nitrogens with one attached hydrogen (secondary N) is 3. The number of hydrogen-bond acceptors (Lipinski definition) is 7. The molecule has 4 aromatic rings. The predicted octanol–water partition coefficient (Wildman–Crippen LogP) is 2.35. The van der Waals surface area contributed by atoms with E-state index in [-0.39, 0.29) is 11.6 Å². The van der Waals surface area contributed by atoms with Crippen LogP contribution in [0.25, 0.3) is 22.4 Å². The second-order valence-electron chi connectivity index (χ2n) is 6.56. The van der Waals surface area contributed by atoms with Gasteiger partial charge < -0.3 is 4.98 Å². The normalized spacial score (nSPS) is 11.4. The minimum atomic E-state index is -3.39. The van der Waals surface area contributed by atoms with Crippen molar-refractivity contribution in [1.29, 1.82) is 0 Å². The van der Waals surface area contributed by atoms with E-state index in [2.05, 4.69) is 35.0 Å². The van der Waals surface area contributed by atoms with Crippen LogP contribution in [0.1, 0.15) is 16.3 Å². The van der Waals surface area contributed by atoms with E-state index in [1.165, 1.54) is 0 Å². The van der Waals surface area contributed by atoms with Gasteiger partial charge in [-0.25, -0.2) is 13.4 Å².